The van der Waals surface area contributed by atoms with E-state index < -0.39 is 0 Å². The molecule has 9 heteroatoms. The van der Waals surface area contributed by atoms with E-state index in [0.29, 0.717) is 26.9 Å². The number of ether oxygens (including phenoxy) is 2. The predicted octanol–water partition coefficient (Wildman–Crippen LogP) is 5.07. The number of thiazole rings is 2. The zero-order valence-electron chi connectivity index (χ0n) is 14.7. The first-order chi connectivity index (χ1) is 13.0. The van der Waals surface area contributed by atoms with Gasteiger partial charge in [0.1, 0.15) is 14.8 Å². The average molecular weight is 469 g/mol. The van der Waals surface area contributed by atoms with Crippen LogP contribution in [0.15, 0.2) is 46.6 Å². The van der Waals surface area contributed by atoms with Gasteiger partial charge in [0.05, 0.1) is 25.6 Å². The summed E-state index contributed by atoms with van der Waals surface area (Å²) in [5.41, 5.74) is 1.02. The molecule has 0 aliphatic carbocycles. The molecule has 0 aliphatic rings. The second-order valence-electron chi connectivity index (χ2n) is 4.81. The highest BCUT2D eigenvalue weighted by molar-refractivity contribution is 9.11. The minimum Gasteiger partial charge on any atom is -0.462 e. The number of halogens is 1. The lowest BCUT2D eigenvalue weighted by molar-refractivity contribution is 0.0522. The van der Waals surface area contributed by atoms with Crippen LogP contribution in [0, 0.1) is 0 Å². The lowest BCUT2D eigenvalue weighted by Gasteiger charge is -1.96. The highest BCUT2D eigenvalue weighted by atomic mass is 79.9. The Morgan fingerprint density at radius 1 is 0.926 bits per heavy atom. The topological polar surface area (TPSA) is 78.4 Å². The van der Waals surface area contributed by atoms with Crippen molar-refractivity contribution in [1.29, 1.82) is 0 Å². The van der Waals surface area contributed by atoms with E-state index >= 15 is 0 Å². The Bertz CT molecular complexity index is 880. The molecule has 0 bridgehead atoms. The van der Waals surface area contributed by atoms with Crippen LogP contribution in [-0.2, 0) is 9.47 Å². The monoisotopic (exact) mass is 468 g/mol. The Balaban J connectivity index is 0.000000208. The summed E-state index contributed by atoms with van der Waals surface area (Å²) in [6.07, 6.45) is 3.05. The molecule has 142 valence electrons. The number of rotatable bonds is 5. The van der Waals surface area contributed by atoms with Crippen molar-refractivity contribution in [3.63, 3.8) is 0 Å². The Kier molecular flexibility index (Phi) is 8.56. The van der Waals surface area contributed by atoms with Gasteiger partial charge in [-0.15, -0.1) is 22.7 Å². The number of carbonyl (C=O) groups is 2. The van der Waals surface area contributed by atoms with E-state index in [0.717, 1.165) is 10.6 Å². The largest absolute Gasteiger partial charge is 0.462 e. The van der Waals surface area contributed by atoms with Gasteiger partial charge < -0.3 is 9.47 Å². The van der Waals surface area contributed by atoms with Crippen LogP contribution in [0.5, 0.6) is 0 Å². The zero-order chi connectivity index (χ0) is 19.6. The van der Waals surface area contributed by atoms with Gasteiger partial charge in [-0.1, -0.05) is 30.3 Å². The van der Waals surface area contributed by atoms with Crippen LogP contribution in [0.4, 0.5) is 0 Å². The van der Waals surface area contributed by atoms with Crippen LogP contribution in [0.2, 0.25) is 0 Å². The Labute approximate surface area is 173 Å². The molecule has 3 rings (SSSR count). The van der Waals surface area contributed by atoms with Crippen molar-refractivity contribution >= 4 is 50.5 Å². The van der Waals surface area contributed by atoms with Gasteiger partial charge in [-0.05, 0) is 29.8 Å². The smallest absolute Gasteiger partial charge is 0.349 e. The van der Waals surface area contributed by atoms with E-state index in [1.165, 1.54) is 28.9 Å². The third kappa shape index (κ3) is 6.53. The molecular formula is C18H17BrN2O4S2. The molecule has 27 heavy (non-hydrogen) atoms. The summed E-state index contributed by atoms with van der Waals surface area (Å²) in [6.45, 7) is 4.34. The van der Waals surface area contributed by atoms with Gasteiger partial charge in [0.15, 0.2) is 3.92 Å². The van der Waals surface area contributed by atoms with Crippen molar-refractivity contribution in [1.82, 2.24) is 9.97 Å². The predicted molar refractivity (Wildman–Crippen MR) is 109 cm³/mol. The SMILES string of the molecule is CCOC(=O)c1cnc(-c2ccccc2)s1.CCOC(=O)c1cnc(Br)s1. The molecule has 0 saturated heterocycles. The summed E-state index contributed by atoms with van der Waals surface area (Å²) >= 11 is 5.77. The number of aromatic nitrogens is 2. The zero-order valence-corrected chi connectivity index (χ0v) is 17.9. The van der Waals surface area contributed by atoms with Gasteiger partial charge in [-0.25, -0.2) is 19.6 Å². The van der Waals surface area contributed by atoms with Gasteiger partial charge in [0, 0.05) is 5.56 Å². The highest BCUT2D eigenvalue weighted by Crippen LogP contribution is 2.25. The molecule has 0 spiro atoms. The van der Waals surface area contributed by atoms with E-state index in [2.05, 4.69) is 25.9 Å². The van der Waals surface area contributed by atoms with Crippen LogP contribution in [0.1, 0.15) is 33.2 Å². The molecule has 3 aromatic rings. The summed E-state index contributed by atoms with van der Waals surface area (Å²) in [7, 11) is 0. The molecule has 2 heterocycles. The highest BCUT2D eigenvalue weighted by Gasteiger charge is 2.12. The fraction of sp³-hybridized carbons (Fsp3) is 0.222. The van der Waals surface area contributed by atoms with Crippen LogP contribution in [-0.4, -0.2) is 35.1 Å². The van der Waals surface area contributed by atoms with E-state index in [-0.39, 0.29) is 11.9 Å². The number of nitrogens with zero attached hydrogens (tertiary/aromatic N) is 2. The van der Waals surface area contributed by atoms with Crippen molar-refractivity contribution in [2.24, 2.45) is 0 Å². The maximum absolute atomic E-state index is 11.4. The van der Waals surface area contributed by atoms with Gasteiger partial charge in [-0.3, -0.25) is 0 Å². The van der Waals surface area contributed by atoms with Crippen molar-refractivity contribution in [2.75, 3.05) is 13.2 Å². The van der Waals surface area contributed by atoms with Crippen LogP contribution >= 0.6 is 38.6 Å². The van der Waals surface area contributed by atoms with Crippen molar-refractivity contribution < 1.29 is 19.1 Å². The first-order valence-corrected chi connectivity index (χ1v) is 10.4. The molecule has 0 N–H and O–H groups in total. The summed E-state index contributed by atoms with van der Waals surface area (Å²) in [5, 5.41) is 0.837. The number of hydrogen-bond donors (Lipinski definition) is 0. The summed E-state index contributed by atoms with van der Waals surface area (Å²) in [4.78, 5) is 31.6. The maximum atomic E-state index is 11.4. The van der Waals surface area contributed by atoms with Crippen LogP contribution in [0.3, 0.4) is 0 Å². The second kappa shape index (κ2) is 10.9. The minimum absolute atomic E-state index is 0.304. The van der Waals surface area contributed by atoms with E-state index in [1.54, 1.807) is 20.0 Å². The third-order valence-corrected chi connectivity index (χ3v) is 5.44. The first kappa shape index (κ1) is 21.2. The van der Waals surface area contributed by atoms with Gasteiger partial charge in [-0.2, -0.15) is 0 Å². The van der Waals surface area contributed by atoms with Crippen molar-refractivity contribution in [3.8, 4) is 10.6 Å². The lowest BCUT2D eigenvalue weighted by Crippen LogP contribution is -2.01. The Hall–Kier alpha value is -2.10. The van der Waals surface area contributed by atoms with Crippen LogP contribution in [0.25, 0.3) is 10.6 Å². The molecule has 0 radical (unpaired) electrons. The number of hydrogen-bond acceptors (Lipinski definition) is 8. The van der Waals surface area contributed by atoms with E-state index in [4.69, 9.17) is 9.47 Å². The molecular weight excluding hydrogens is 452 g/mol. The molecule has 0 unspecified atom stereocenters. The molecule has 1 aromatic carbocycles. The normalized spacial score (nSPS) is 9.89. The number of esters is 2. The van der Waals surface area contributed by atoms with Crippen molar-refractivity contribution in [2.45, 2.75) is 13.8 Å². The first-order valence-electron chi connectivity index (χ1n) is 8.02. The number of benzene rings is 1. The molecule has 6 nitrogen and oxygen atoms in total. The van der Waals surface area contributed by atoms with Crippen molar-refractivity contribution in [3.05, 3.63) is 56.4 Å². The van der Waals surface area contributed by atoms with Gasteiger partial charge in [0.2, 0.25) is 0 Å². The summed E-state index contributed by atoms with van der Waals surface area (Å²) in [5.74, 6) is -0.613. The summed E-state index contributed by atoms with van der Waals surface area (Å²) in [6, 6.07) is 9.77. The molecule has 0 atom stereocenters. The maximum Gasteiger partial charge on any atom is 0.349 e. The average Bonchev–Trinajstić information content (AvgIpc) is 3.33. The Morgan fingerprint density at radius 3 is 2.00 bits per heavy atom. The quantitative estimate of drug-likeness (QED) is 0.486. The Morgan fingerprint density at radius 2 is 1.48 bits per heavy atom. The van der Waals surface area contributed by atoms with E-state index in [1.807, 2.05) is 30.3 Å². The fourth-order valence-corrected chi connectivity index (χ4v) is 3.81. The summed E-state index contributed by atoms with van der Waals surface area (Å²) < 4.78 is 10.4. The molecule has 2 aromatic heterocycles. The second-order valence-corrected chi connectivity index (χ2v) is 8.15. The molecule has 0 saturated carbocycles. The lowest BCUT2D eigenvalue weighted by atomic mass is 10.2. The molecule has 0 amide bonds. The standard InChI is InChI=1S/C12H11NO2S.C6H6BrNO2S/c1-2-15-12(14)10-8-13-11(16-10)9-6-4-3-5-7-9;1-2-10-5(9)4-3-8-6(7)11-4/h3-8H,2H2,1H3;3H,2H2,1H3. The van der Waals surface area contributed by atoms with Crippen LogP contribution < -0.4 is 0 Å². The van der Waals surface area contributed by atoms with Gasteiger partial charge in [0.25, 0.3) is 0 Å². The fourth-order valence-electron chi connectivity index (χ4n) is 1.83. The minimum atomic E-state index is -0.310. The van der Waals surface area contributed by atoms with Gasteiger partial charge >= 0.3 is 11.9 Å². The van der Waals surface area contributed by atoms with E-state index in [9.17, 15) is 9.59 Å². The molecule has 0 fully saturated rings. The number of carbonyl (C=O) groups excluding carboxylic acids is 2. The molecule has 0 aliphatic heterocycles. The third-order valence-electron chi connectivity index (χ3n) is 2.96.